The van der Waals surface area contributed by atoms with E-state index < -0.39 is 5.97 Å². The minimum atomic E-state index is -0.443. The van der Waals surface area contributed by atoms with Crippen LogP contribution in [0.3, 0.4) is 0 Å². The van der Waals surface area contributed by atoms with E-state index >= 15 is 0 Å². The zero-order valence-corrected chi connectivity index (χ0v) is 16.0. The molecular weight excluding hydrogens is 376 g/mol. The standard InChI is InChI=1S/C17H21BrN2O4/c1-9-14(17(22)23-5)10(2)19-15(9)16(21)11(3)20(4)8-12-6-7-13(18)24-12/h6-7,11,19H,8H2,1-5H3. The fourth-order valence-corrected chi connectivity index (χ4v) is 2.97. The van der Waals surface area contributed by atoms with Crippen molar-refractivity contribution in [2.45, 2.75) is 33.4 Å². The van der Waals surface area contributed by atoms with E-state index in [0.717, 1.165) is 5.76 Å². The summed E-state index contributed by atoms with van der Waals surface area (Å²) in [6.07, 6.45) is 0. The number of aromatic nitrogens is 1. The first-order valence-corrected chi connectivity index (χ1v) is 8.31. The molecule has 0 amide bonds. The first-order chi connectivity index (χ1) is 11.3. The molecule has 2 heterocycles. The summed E-state index contributed by atoms with van der Waals surface area (Å²) in [4.78, 5) is 29.6. The van der Waals surface area contributed by atoms with E-state index in [2.05, 4.69) is 20.9 Å². The number of H-pyrrole nitrogens is 1. The summed E-state index contributed by atoms with van der Waals surface area (Å²) in [5.74, 6) is 0.235. The minimum Gasteiger partial charge on any atom is -0.465 e. The molecular formula is C17H21BrN2O4. The lowest BCUT2D eigenvalue weighted by Gasteiger charge is -2.22. The monoisotopic (exact) mass is 396 g/mol. The van der Waals surface area contributed by atoms with Crippen molar-refractivity contribution in [3.05, 3.63) is 45.1 Å². The molecule has 7 heteroatoms. The highest BCUT2D eigenvalue weighted by Crippen LogP contribution is 2.22. The number of ether oxygens (including phenoxy) is 1. The van der Waals surface area contributed by atoms with Gasteiger partial charge in [0.25, 0.3) is 0 Å². The molecule has 0 fully saturated rings. The summed E-state index contributed by atoms with van der Waals surface area (Å²) in [6.45, 7) is 5.83. The molecule has 6 nitrogen and oxygen atoms in total. The molecule has 2 aromatic rings. The van der Waals surface area contributed by atoms with Crippen molar-refractivity contribution in [2.75, 3.05) is 14.2 Å². The number of carbonyl (C=O) groups excluding carboxylic acids is 2. The Labute approximate surface area is 149 Å². The zero-order chi connectivity index (χ0) is 18.0. The second-order valence-electron chi connectivity index (χ2n) is 5.78. The third-order valence-corrected chi connectivity index (χ3v) is 4.57. The second-order valence-corrected chi connectivity index (χ2v) is 6.56. The molecule has 0 saturated heterocycles. The highest BCUT2D eigenvalue weighted by Gasteiger charge is 2.27. The summed E-state index contributed by atoms with van der Waals surface area (Å²) < 4.78 is 10.9. The van der Waals surface area contributed by atoms with Gasteiger partial charge < -0.3 is 14.1 Å². The van der Waals surface area contributed by atoms with Crippen LogP contribution in [0.25, 0.3) is 0 Å². The van der Waals surface area contributed by atoms with Gasteiger partial charge in [0.15, 0.2) is 10.5 Å². The van der Waals surface area contributed by atoms with E-state index in [-0.39, 0.29) is 11.8 Å². The quantitative estimate of drug-likeness (QED) is 0.597. The lowest BCUT2D eigenvalue weighted by Crippen LogP contribution is -2.36. The first-order valence-electron chi connectivity index (χ1n) is 7.52. The van der Waals surface area contributed by atoms with Gasteiger partial charge in [-0.05, 0) is 61.4 Å². The minimum absolute atomic E-state index is 0.0844. The topological polar surface area (TPSA) is 75.5 Å². The van der Waals surface area contributed by atoms with Crippen LogP contribution in [-0.4, -0.2) is 41.8 Å². The average Bonchev–Trinajstić information content (AvgIpc) is 3.08. The number of hydrogen-bond donors (Lipinski definition) is 1. The van der Waals surface area contributed by atoms with E-state index in [4.69, 9.17) is 9.15 Å². The van der Waals surface area contributed by atoms with E-state index in [1.807, 2.05) is 31.0 Å². The van der Waals surface area contributed by atoms with Crippen molar-refractivity contribution in [3.63, 3.8) is 0 Å². The van der Waals surface area contributed by atoms with Crippen molar-refractivity contribution in [2.24, 2.45) is 0 Å². The number of nitrogens with zero attached hydrogens (tertiary/aromatic N) is 1. The molecule has 2 aromatic heterocycles. The molecule has 0 aromatic carbocycles. The Morgan fingerprint density at radius 1 is 1.38 bits per heavy atom. The van der Waals surface area contributed by atoms with E-state index in [1.54, 1.807) is 13.8 Å². The Morgan fingerprint density at radius 3 is 2.58 bits per heavy atom. The largest absolute Gasteiger partial charge is 0.465 e. The molecule has 0 aliphatic carbocycles. The van der Waals surface area contributed by atoms with Gasteiger partial charge in [-0.1, -0.05) is 0 Å². The Hall–Kier alpha value is -1.86. The Balaban J connectivity index is 2.20. The van der Waals surface area contributed by atoms with Crippen LogP contribution in [0, 0.1) is 13.8 Å². The van der Waals surface area contributed by atoms with Crippen LogP contribution in [-0.2, 0) is 11.3 Å². The van der Waals surface area contributed by atoms with Crippen molar-refractivity contribution in [3.8, 4) is 0 Å². The van der Waals surface area contributed by atoms with Crippen molar-refractivity contribution >= 4 is 27.7 Å². The number of hydrogen-bond acceptors (Lipinski definition) is 5. The smallest absolute Gasteiger partial charge is 0.339 e. The third kappa shape index (κ3) is 3.62. The van der Waals surface area contributed by atoms with Gasteiger partial charge in [0.1, 0.15) is 5.76 Å². The van der Waals surface area contributed by atoms with E-state index in [0.29, 0.717) is 33.7 Å². The van der Waals surface area contributed by atoms with E-state index in [9.17, 15) is 9.59 Å². The lowest BCUT2D eigenvalue weighted by molar-refractivity contribution is 0.0599. The number of rotatable bonds is 6. The van der Waals surface area contributed by atoms with Crippen LogP contribution < -0.4 is 0 Å². The Bertz CT molecular complexity index is 763. The maximum absolute atomic E-state index is 12.8. The summed E-state index contributed by atoms with van der Waals surface area (Å²) in [6, 6.07) is 3.30. The van der Waals surface area contributed by atoms with Crippen LogP contribution in [0.4, 0.5) is 0 Å². The zero-order valence-electron chi connectivity index (χ0n) is 14.4. The molecule has 0 radical (unpaired) electrons. The van der Waals surface area contributed by atoms with Gasteiger partial charge in [-0.25, -0.2) is 4.79 Å². The number of furan rings is 1. The summed E-state index contributed by atoms with van der Waals surface area (Å²) >= 11 is 3.26. The molecule has 2 rings (SSSR count). The van der Waals surface area contributed by atoms with Crippen molar-refractivity contribution in [1.29, 1.82) is 0 Å². The number of nitrogens with one attached hydrogen (secondary N) is 1. The molecule has 0 bridgehead atoms. The number of aryl methyl sites for hydroxylation is 1. The molecule has 0 aliphatic heterocycles. The number of Topliss-reactive ketones (excluding diaryl/α,β-unsaturated/α-hetero) is 1. The van der Waals surface area contributed by atoms with Crippen LogP contribution >= 0.6 is 15.9 Å². The summed E-state index contributed by atoms with van der Waals surface area (Å²) in [7, 11) is 3.18. The molecule has 0 spiro atoms. The van der Waals surface area contributed by atoms with Crippen LogP contribution in [0.2, 0.25) is 0 Å². The number of carbonyl (C=O) groups is 2. The highest BCUT2D eigenvalue weighted by molar-refractivity contribution is 9.10. The molecule has 0 saturated carbocycles. The third-order valence-electron chi connectivity index (χ3n) is 4.15. The van der Waals surface area contributed by atoms with E-state index in [1.165, 1.54) is 7.11 Å². The van der Waals surface area contributed by atoms with Gasteiger partial charge in [0.2, 0.25) is 0 Å². The molecule has 1 atom stereocenters. The van der Waals surface area contributed by atoms with Crippen molar-refractivity contribution < 1.29 is 18.7 Å². The van der Waals surface area contributed by atoms with Crippen LogP contribution in [0.1, 0.15) is 44.8 Å². The molecule has 24 heavy (non-hydrogen) atoms. The fourth-order valence-electron chi connectivity index (χ4n) is 2.63. The number of esters is 1. The maximum Gasteiger partial charge on any atom is 0.339 e. The predicted molar refractivity (Wildman–Crippen MR) is 93.3 cm³/mol. The van der Waals surface area contributed by atoms with Gasteiger partial charge in [-0.2, -0.15) is 0 Å². The summed E-state index contributed by atoms with van der Waals surface area (Å²) in [5.41, 5.74) is 2.11. The van der Waals surface area contributed by atoms with Gasteiger partial charge in [0.05, 0.1) is 31.0 Å². The van der Waals surface area contributed by atoms with Gasteiger partial charge in [0, 0.05) is 5.69 Å². The number of methoxy groups -OCH3 is 1. The van der Waals surface area contributed by atoms with Gasteiger partial charge >= 0.3 is 5.97 Å². The molecule has 1 unspecified atom stereocenters. The number of halogens is 1. The van der Waals surface area contributed by atoms with Crippen LogP contribution in [0.5, 0.6) is 0 Å². The highest BCUT2D eigenvalue weighted by atomic mass is 79.9. The molecule has 1 N–H and O–H groups in total. The van der Waals surface area contributed by atoms with Crippen molar-refractivity contribution in [1.82, 2.24) is 9.88 Å². The Morgan fingerprint density at radius 2 is 2.04 bits per heavy atom. The average molecular weight is 397 g/mol. The van der Waals surface area contributed by atoms with Gasteiger partial charge in [-0.3, -0.25) is 9.69 Å². The summed E-state index contributed by atoms with van der Waals surface area (Å²) in [5, 5.41) is 0. The maximum atomic E-state index is 12.8. The lowest BCUT2D eigenvalue weighted by atomic mass is 10.0. The fraction of sp³-hybridized carbons (Fsp3) is 0.412. The number of ketones is 1. The molecule has 130 valence electrons. The SMILES string of the molecule is COC(=O)c1c(C)[nH]c(C(=O)C(C)N(C)Cc2ccc(Br)o2)c1C. The van der Waals surface area contributed by atoms with Gasteiger partial charge in [-0.15, -0.1) is 0 Å². The molecule has 0 aliphatic rings. The number of likely N-dealkylation sites (N-methyl/N-ethyl adjacent to an activating group) is 1. The first kappa shape index (κ1) is 18.5. The predicted octanol–water partition coefficient (Wildman–Crippen LogP) is 3.48. The Kier molecular flexibility index (Phi) is 5.66. The van der Waals surface area contributed by atoms with Crippen LogP contribution in [0.15, 0.2) is 21.2 Å². The number of aromatic amines is 1. The normalized spacial score (nSPS) is 12.5. The second kappa shape index (κ2) is 7.36.